The average Bonchev–Trinajstić information content (AvgIpc) is 2.61. The van der Waals surface area contributed by atoms with Crippen LogP contribution in [0.3, 0.4) is 0 Å². The largest absolute Gasteiger partial charge is 0.345 e. The van der Waals surface area contributed by atoms with Crippen molar-refractivity contribution in [2.24, 2.45) is 0 Å². The standard InChI is InChI=1S/C17H15FN2O5S2/c1-27(24,25)15-6-5-10(9-14(15)20(22)23)17(21)19-13-7-8-26-16-11(13)3-2-4-12(16)18/h2-6,9,13H,7-8H2,1H3,(H,19,21)/t13-/m1/s1. The number of halogens is 1. The summed E-state index contributed by atoms with van der Waals surface area (Å²) in [5.41, 5.74) is -0.0390. The van der Waals surface area contributed by atoms with Crippen LogP contribution in [0.15, 0.2) is 46.2 Å². The Morgan fingerprint density at radius 1 is 1.33 bits per heavy atom. The van der Waals surface area contributed by atoms with Gasteiger partial charge in [-0.3, -0.25) is 14.9 Å². The smallest absolute Gasteiger partial charge is 0.288 e. The minimum atomic E-state index is -3.81. The Bertz CT molecular complexity index is 1040. The van der Waals surface area contributed by atoms with Crippen LogP contribution in [-0.4, -0.2) is 31.3 Å². The summed E-state index contributed by atoms with van der Waals surface area (Å²) in [7, 11) is -3.81. The van der Waals surface area contributed by atoms with E-state index in [0.29, 0.717) is 22.6 Å². The molecule has 0 saturated heterocycles. The molecule has 142 valence electrons. The summed E-state index contributed by atoms with van der Waals surface area (Å²) in [5, 5.41) is 14.0. The minimum Gasteiger partial charge on any atom is -0.345 e. The van der Waals surface area contributed by atoms with E-state index in [2.05, 4.69) is 5.32 Å². The van der Waals surface area contributed by atoms with Crippen LogP contribution in [0.2, 0.25) is 0 Å². The van der Waals surface area contributed by atoms with Gasteiger partial charge in [0, 0.05) is 28.5 Å². The highest BCUT2D eigenvalue weighted by atomic mass is 32.2. The molecule has 2 aromatic carbocycles. The highest BCUT2D eigenvalue weighted by Crippen LogP contribution is 2.38. The number of rotatable bonds is 4. The third-order valence-corrected chi connectivity index (χ3v) is 6.45. The molecule has 1 aliphatic heterocycles. The van der Waals surface area contributed by atoms with Crippen LogP contribution >= 0.6 is 11.8 Å². The van der Waals surface area contributed by atoms with Crippen molar-refractivity contribution in [3.05, 3.63) is 63.5 Å². The van der Waals surface area contributed by atoms with Gasteiger partial charge in [-0.25, -0.2) is 12.8 Å². The summed E-state index contributed by atoms with van der Waals surface area (Å²) < 4.78 is 37.3. The Kier molecular flexibility index (Phi) is 5.20. The van der Waals surface area contributed by atoms with Crippen LogP contribution in [0.5, 0.6) is 0 Å². The number of nitrogens with one attached hydrogen (secondary N) is 1. The lowest BCUT2D eigenvalue weighted by Crippen LogP contribution is -2.31. The first kappa shape index (κ1) is 19.3. The Morgan fingerprint density at radius 2 is 2.07 bits per heavy atom. The van der Waals surface area contributed by atoms with E-state index in [1.165, 1.54) is 23.9 Å². The van der Waals surface area contributed by atoms with Gasteiger partial charge in [0.2, 0.25) is 0 Å². The maximum atomic E-state index is 13.9. The normalized spacial score (nSPS) is 16.4. The van der Waals surface area contributed by atoms with Crippen molar-refractivity contribution in [2.45, 2.75) is 22.3 Å². The van der Waals surface area contributed by atoms with Crippen molar-refractivity contribution in [3.8, 4) is 0 Å². The van der Waals surface area contributed by atoms with Crippen molar-refractivity contribution >= 4 is 33.2 Å². The molecule has 1 aliphatic rings. The van der Waals surface area contributed by atoms with Crippen molar-refractivity contribution < 1.29 is 22.5 Å². The van der Waals surface area contributed by atoms with Gasteiger partial charge in [-0.2, -0.15) is 0 Å². The molecule has 27 heavy (non-hydrogen) atoms. The van der Waals surface area contributed by atoms with E-state index in [-0.39, 0.29) is 11.4 Å². The van der Waals surface area contributed by atoms with Crippen LogP contribution in [-0.2, 0) is 9.84 Å². The summed E-state index contributed by atoms with van der Waals surface area (Å²) in [4.78, 5) is 22.9. The molecule has 0 spiro atoms. The molecule has 1 atom stereocenters. The molecule has 1 N–H and O–H groups in total. The minimum absolute atomic E-state index is 0.0368. The molecular weight excluding hydrogens is 395 g/mol. The number of carbonyl (C=O) groups excluding carboxylic acids is 1. The Labute approximate surface area is 159 Å². The predicted molar refractivity (Wildman–Crippen MR) is 98.2 cm³/mol. The maximum absolute atomic E-state index is 13.9. The molecule has 1 heterocycles. The quantitative estimate of drug-likeness (QED) is 0.613. The Hall–Kier alpha value is -2.46. The van der Waals surface area contributed by atoms with E-state index in [1.54, 1.807) is 12.1 Å². The van der Waals surface area contributed by atoms with Crippen molar-refractivity contribution in [1.29, 1.82) is 0 Å². The second-order valence-electron chi connectivity index (χ2n) is 6.03. The molecule has 0 aromatic heterocycles. The number of benzene rings is 2. The summed E-state index contributed by atoms with van der Waals surface area (Å²) >= 11 is 1.37. The number of thioether (sulfide) groups is 1. The van der Waals surface area contributed by atoms with E-state index < -0.39 is 37.3 Å². The number of amides is 1. The van der Waals surface area contributed by atoms with Crippen LogP contribution in [0.1, 0.15) is 28.4 Å². The summed E-state index contributed by atoms with van der Waals surface area (Å²) in [6.07, 6.45) is 1.44. The highest BCUT2D eigenvalue weighted by Gasteiger charge is 2.27. The monoisotopic (exact) mass is 410 g/mol. The third-order valence-electron chi connectivity index (χ3n) is 4.15. The van der Waals surface area contributed by atoms with Gasteiger partial charge in [0.05, 0.1) is 11.0 Å². The molecule has 0 bridgehead atoms. The first-order chi connectivity index (χ1) is 12.7. The van der Waals surface area contributed by atoms with E-state index >= 15 is 0 Å². The molecule has 0 saturated carbocycles. The number of carbonyl (C=O) groups is 1. The van der Waals surface area contributed by atoms with Crippen molar-refractivity contribution in [1.82, 2.24) is 5.32 Å². The van der Waals surface area contributed by atoms with Gasteiger partial charge in [-0.1, -0.05) is 12.1 Å². The molecule has 1 amide bonds. The number of sulfone groups is 1. The fourth-order valence-electron chi connectivity index (χ4n) is 2.89. The van der Waals surface area contributed by atoms with Crippen molar-refractivity contribution in [2.75, 3.05) is 12.0 Å². The zero-order chi connectivity index (χ0) is 19.8. The zero-order valence-electron chi connectivity index (χ0n) is 14.1. The second-order valence-corrected chi connectivity index (χ2v) is 9.12. The fraction of sp³-hybridized carbons (Fsp3) is 0.235. The van der Waals surface area contributed by atoms with Gasteiger partial charge < -0.3 is 5.32 Å². The summed E-state index contributed by atoms with van der Waals surface area (Å²) in [5.74, 6) is -0.332. The average molecular weight is 410 g/mol. The molecule has 0 radical (unpaired) electrons. The number of nitro benzene ring substituents is 1. The lowest BCUT2D eigenvalue weighted by molar-refractivity contribution is -0.387. The first-order valence-corrected chi connectivity index (χ1v) is 10.8. The van der Waals surface area contributed by atoms with Crippen LogP contribution in [0.4, 0.5) is 10.1 Å². The Morgan fingerprint density at radius 3 is 2.74 bits per heavy atom. The molecule has 7 nitrogen and oxygen atoms in total. The lowest BCUT2D eigenvalue weighted by atomic mass is 10.0. The number of nitrogens with zero attached hydrogens (tertiary/aromatic N) is 1. The maximum Gasteiger partial charge on any atom is 0.288 e. The number of hydrogen-bond acceptors (Lipinski definition) is 6. The molecule has 0 unspecified atom stereocenters. The molecule has 3 rings (SSSR count). The lowest BCUT2D eigenvalue weighted by Gasteiger charge is -2.26. The van der Waals surface area contributed by atoms with Gasteiger partial charge >= 0.3 is 0 Å². The number of nitro groups is 1. The summed E-state index contributed by atoms with van der Waals surface area (Å²) in [6.45, 7) is 0. The zero-order valence-corrected chi connectivity index (χ0v) is 15.8. The van der Waals surface area contributed by atoms with Gasteiger partial charge in [-0.05, 0) is 30.2 Å². The SMILES string of the molecule is CS(=O)(=O)c1ccc(C(=O)N[C@@H]2CCSc3c(F)cccc32)cc1[N+](=O)[O-]. The van der Waals surface area contributed by atoms with E-state index in [0.717, 1.165) is 18.4 Å². The van der Waals surface area contributed by atoms with E-state index in [4.69, 9.17) is 0 Å². The number of fused-ring (bicyclic) bond motifs is 1. The molecule has 10 heteroatoms. The molecule has 0 aliphatic carbocycles. The third kappa shape index (κ3) is 3.96. The van der Waals surface area contributed by atoms with Crippen molar-refractivity contribution in [3.63, 3.8) is 0 Å². The van der Waals surface area contributed by atoms with Crippen LogP contribution in [0.25, 0.3) is 0 Å². The van der Waals surface area contributed by atoms with Crippen LogP contribution in [0, 0.1) is 15.9 Å². The molecular formula is C17H15FN2O5S2. The molecule has 0 fully saturated rings. The second kappa shape index (κ2) is 7.28. The Balaban J connectivity index is 1.91. The van der Waals surface area contributed by atoms with Gasteiger partial charge in [0.15, 0.2) is 9.84 Å². The van der Waals surface area contributed by atoms with E-state index in [9.17, 15) is 27.7 Å². The van der Waals surface area contributed by atoms with Gasteiger partial charge in [0.1, 0.15) is 10.7 Å². The predicted octanol–water partition coefficient (Wildman–Crippen LogP) is 3.10. The highest BCUT2D eigenvalue weighted by molar-refractivity contribution is 7.99. The topological polar surface area (TPSA) is 106 Å². The number of hydrogen-bond donors (Lipinski definition) is 1. The van der Waals surface area contributed by atoms with Crippen LogP contribution < -0.4 is 5.32 Å². The molecule has 2 aromatic rings. The first-order valence-electron chi connectivity index (χ1n) is 7.89. The summed E-state index contributed by atoms with van der Waals surface area (Å²) in [6, 6.07) is 7.42. The van der Waals surface area contributed by atoms with Gasteiger partial charge in [0.25, 0.3) is 11.6 Å². The van der Waals surface area contributed by atoms with Gasteiger partial charge in [-0.15, -0.1) is 11.8 Å². The fourth-order valence-corrected chi connectivity index (χ4v) is 4.86. The van der Waals surface area contributed by atoms with E-state index in [1.807, 2.05) is 0 Å².